The molecule has 10 aromatic rings. The molecule has 0 aromatic carbocycles. The van der Waals surface area contributed by atoms with Gasteiger partial charge in [-0.25, -0.2) is 49.8 Å². The van der Waals surface area contributed by atoms with Crippen molar-refractivity contribution in [1.29, 1.82) is 0 Å². The number of piperazine rings is 2. The quantitative estimate of drug-likeness (QED) is 0.0160. The molecule has 0 unspecified atom stereocenters. The second kappa shape index (κ2) is 57.6. The normalized spacial score (nSPS) is 12.1. The van der Waals surface area contributed by atoms with Crippen molar-refractivity contribution >= 4 is 170 Å². The number of hydrogen-bond acceptors (Lipinski definition) is 49. The zero-order valence-electron chi connectivity index (χ0n) is 82.9. The first kappa shape index (κ1) is 114. The molecule has 0 saturated carbocycles. The van der Waals surface area contributed by atoms with Gasteiger partial charge in [-0.1, -0.05) is 0 Å². The first-order chi connectivity index (χ1) is 68.3. The van der Waals surface area contributed by atoms with Crippen molar-refractivity contribution in [2.75, 3.05) is 197 Å². The van der Waals surface area contributed by atoms with Gasteiger partial charge >= 0.3 is 6.08 Å². The van der Waals surface area contributed by atoms with E-state index in [1.54, 1.807) is 40.7 Å². The number of ether oxygens (including phenoxy) is 10. The number of carbonyl (C=O) groups is 7. The van der Waals surface area contributed by atoms with Crippen LogP contribution in [0.2, 0.25) is 0 Å². The summed E-state index contributed by atoms with van der Waals surface area (Å²) in [4.78, 5) is 177. The molecule has 2 aliphatic heterocycles. The third-order valence-corrected chi connectivity index (χ3v) is 21.9. The Morgan fingerprint density at radius 3 is 0.720 bits per heavy atom. The van der Waals surface area contributed by atoms with E-state index in [1.165, 1.54) is 96.3 Å². The van der Waals surface area contributed by atoms with E-state index in [1.807, 2.05) is 48.5 Å². The van der Waals surface area contributed by atoms with Crippen molar-refractivity contribution in [3.8, 4) is 58.8 Å². The van der Waals surface area contributed by atoms with E-state index in [4.69, 9.17) is 64.6 Å². The maximum absolute atomic E-state index is 13.7. The van der Waals surface area contributed by atoms with E-state index in [0.29, 0.717) is 153 Å². The summed E-state index contributed by atoms with van der Waals surface area (Å²) in [5.74, 6) is 4.70. The first-order valence-corrected chi connectivity index (χ1v) is 48.8. The van der Waals surface area contributed by atoms with Gasteiger partial charge in [0.25, 0.3) is 0 Å². The molecule has 2 saturated heterocycles. The van der Waals surface area contributed by atoms with E-state index < -0.39 is 6.08 Å². The molecule has 7 amide bonds. The number of likely N-dealkylation sites (N-methyl/N-ethyl adjacent to an activating group) is 2. The molecule has 2 aliphatic rings. The molecule has 0 atom stereocenters. The minimum Gasteiger partial charge on any atom is -0.477 e. The monoisotopic (exact) mass is 2080 g/mol. The van der Waals surface area contributed by atoms with Gasteiger partial charge in [0, 0.05) is 137 Å². The summed E-state index contributed by atoms with van der Waals surface area (Å²) in [6.45, 7) is 42.2. The molecule has 10 aromatic heterocycles. The Labute approximate surface area is 845 Å². The highest BCUT2D eigenvalue weighted by atomic mass is 32.2. The smallest absolute Gasteiger partial charge is 0.315 e. The van der Waals surface area contributed by atoms with Gasteiger partial charge in [-0.3, -0.25) is 33.6 Å². The van der Waals surface area contributed by atoms with Gasteiger partial charge in [-0.15, -0.1) is 0 Å². The predicted octanol–water partition coefficient (Wildman–Crippen LogP) is 9.79. The molecule has 2 fully saturated rings. The van der Waals surface area contributed by atoms with Crippen molar-refractivity contribution < 1.29 is 85.3 Å². The number of aryl methyl sites for hydroxylation is 2. The van der Waals surface area contributed by atoms with Gasteiger partial charge < -0.3 is 121 Å². The Balaban J connectivity index is 0.000000219. The zero-order valence-corrected chi connectivity index (χ0v) is 87.0. The first-order valence-electron chi connectivity index (χ1n) is 44.7. The van der Waals surface area contributed by atoms with Crippen molar-refractivity contribution in [3.05, 3.63) is 47.9 Å². The number of aromatic nitrogens is 20. The Kier molecular flexibility index (Phi) is 45.9. The minimum absolute atomic E-state index is 0.00287. The van der Waals surface area contributed by atoms with Crippen LogP contribution in [0.15, 0.2) is 80.6 Å². The fourth-order valence-electron chi connectivity index (χ4n) is 11.9. The molecule has 0 radical (unpaired) electrons. The number of halogens is 1. The highest BCUT2D eigenvalue weighted by Gasteiger charge is 2.30. The molecule has 143 heavy (non-hydrogen) atoms. The number of anilines is 12. The molecule has 12 heterocycles. The molecule has 0 aliphatic carbocycles. The highest BCUT2D eigenvalue weighted by Crippen LogP contribution is 2.46. The average molecular weight is 2080 g/mol. The number of nitrogens with two attached hydrogens (primary N) is 3. The highest BCUT2D eigenvalue weighted by molar-refractivity contribution is 8.00. The van der Waals surface area contributed by atoms with Crippen LogP contribution >= 0.6 is 58.8 Å². The zero-order chi connectivity index (χ0) is 105. The topological polar surface area (TPSA) is 645 Å². The summed E-state index contributed by atoms with van der Waals surface area (Å²) >= 11 is 5.59. The van der Waals surface area contributed by atoms with E-state index in [9.17, 15) is 38.0 Å². The molecule has 770 valence electrons. The number of amides is 7. The van der Waals surface area contributed by atoms with Crippen LogP contribution in [0.3, 0.4) is 0 Å². The van der Waals surface area contributed by atoms with Gasteiger partial charge in [0.05, 0.1) is 66.1 Å². The summed E-state index contributed by atoms with van der Waals surface area (Å²) in [5.41, 5.74) is 18.0. The SMILES string of the molecule is CCOc1nc(C)nc(OCC)c1Sc1nc(C)cc(NC(C)=O)n1.CCOc1nc(F)nc(OCC)c1Sc1nc(NC(C)=O)cc(NC(C)=O)n1.CCOc1nc(N)nc(OCC)c1Sc1nc(NC(C)=O)cc(NC(C)=O)n1.CCOc1nc(N2CCN(C)CC2)nc(OCC)c1Sc1nc(N)cc(N)n1.CCOc1nc(N2CCN(C)CC2)nc(OCC)c1Sc1nc(NC(C)=O)cc(NC(C)=O)n1. The molecule has 12 rings (SSSR count). The van der Waals surface area contributed by atoms with Crippen LogP contribution in [-0.2, 0) is 33.6 Å². The number of carbonyl (C=O) groups excluding carboxylic acids is 7. The van der Waals surface area contributed by atoms with Gasteiger partial charge in [-0.05, 0) is 156 Å². The molecule has 13 N–H and O–H groups in total. The molecule has 0 bridgehead atoms. The van der Waals surface area contributed by atoms with E-state index in [2.05, 4.69) is 171 Å². The van der Waals surface area contributed by atoms with Crippen molar-refractivity contribution in [3.63, 3.8) is 0 Å². The number of nitrogen functional groups attached to an aromatic ring is 3. The lowest BCUT2D eigenvalue weighted by Crippen LogP contribution is -2.45. The predicted molar refractivity (Wildman–Crippen MR) is 535 cm³/mol. The van der Waals surface area contributed by atoms with Gasteiger partial charge in [0.1, 0.15) is 82.7 Å². The molecule has 51 nitrogen and oxygen atoms in total. The maximum Gasteiger partial charge on any atom is 0.315 e. The Morgan fingerprint density at radius 2 is 0.490 bits per heavy atom. The Hall–Kier alpha value is -14.3. The lowest BCUT2D eigenvalue weighted by molar-refractivity contribution is -0.115. The molecule has 0 spiro atoms. The summed E-state index contributed by atoms with van der Waals surface area (Å²) < 4.78 is 70.1. The van der Waals surface area contributed by atoms with Crippen LogP contribution in [0.5, 0.6) is 58.8 Å². The fraction of sp³-hybridized carbons (Fsp3) is 0.453. The summed E-state index contributed by atoms with van der Waals surface area (Å²) in [7, 11) is 4.19. The lowest BCUT2D eigenvalue weighted by Gasteiger charge is -2.32. The number of hydrogen-bond donors (Lipinski definition) is 10. The van der Waals surface area contributed by atoms with Crippen LogP contribution < -0.4 is 112 Å². The summed E-state index contributed by atoms with van der Waals surface area (Å²) in [6.07, 6.45) is -0.997. The van der Waals surface area contributed by atoms with Gasteiger partial charge in [0.2, 0.25) is 118 Å². The second-order valence-electron chi connectivity index (χ2n) is 29.2. The minimum atomic E-state index is -0.997. The number of nitrogens with zero attached hydrogens (tertiary/aromatic N) is 24. The van der Waals surface area contributed by atoms with Crippen molar-refractivity contribution in [2.45, 2.75) is 182 Å². The van der Waals surface area contributed by atoms with E-state index in [-0.39, 0.29) is 139 Å². The van der Waals surface area contributed by atoms with Crippen LogP contribution in [0.25, 0.3) is 0 Å². The van der Waals surface area contributed by atoms with Crippen LogP contribution in [0, 0.1) is 19.9 Å². The average Bonchev–Trinajstić information content (AvgIpc) is 0.802. The van der Waals surface area contributed by atoms with Crippen LogP contribution in [0.4, 0.5) is 74.6 Å². The fourth-order valence-corrected chi connectivity index (χ4v) is 16.2. The van der Waals surface area contributed by atoms with Gasteiger partial charge in [0.15, 0.2) is 25.8 Å². The van der Waals surface area contributed by atoms with Crippen LogP contribution in [-0.4, -0.2) is 283 Å². The molecule has 57 heteroatoms. The standard InChI is InChI=1S/C21H30N8O4S.C17H26N8O2S.C16H19FN6O4S.C16H21N7O4S.C16H21N5O3S/c1-6-32-18-17(19(33-7-2)27-20(26-18)29-10-8-28(5)9-11-29)34-21-24-15(22-13(3)30)12-16(25-21)23-14(4)31;1-4-26-14-13(28-17-20-11(18)10-12(19)21-17)15(27-5-2)23-16(22-14)25-8-6-24(3)7-9-25;2*1-5-26-13-12(14(27-6-2)23-15(17)22-13)28-16-20-10(18-8(3)24)7-11(21-16)19-9(4)25;1-6-23-14-13(15(24-7-2)19-10(4)18-14)25-16-17-9(3)8-12(21-16)20-11(5)22/h12H,6-11H2,1-5H3,(H2,22,23,24,25,30,31);10H,4-9H2,1-3H3,(H4,18,19,20,21);7H,5-6H2,1-4H3,(H2,18,19,20,21,24,25);7H,5-6H2,1-4H3,(H2,17,22,23)(H2,18,19,20,21,24,25);8H,6-7H2,1-5H3,(H,17,20,21,22). The van der Waals surface area contributed by atoms with Crippen molar-refractivity contribution in [1.82, 2.24) is 109 Å². The van der Waals surface area contributed by atoms with Crippen LogP contribution in [0.1, 0.15) is 129 Å². The number of nitrogens with one attached hydrogen (secondary N) is 7. The van der Waals surface area contributed by atoms with Gasteiger partial charge in [-0.2, -0.15) is 54.2 Å². The Morgan fingerprint density at radius 1 is 0.287 bits per heavy atom. The van der Waals surface area contributed by atoms with Crippen molar-refractivity contribution in [2.24, 2.45) is 0 Å². The summed E-state index contributed by atoms with van der Waals surface area (Å²) in [5, 5.41) is 19.5. The lowest BCUT2D eigenvalue weighted by atomic mass is 10.3. The summed E-state index contributed by atoms with van der Waals surface area (Å²) in [6, 6.07) is 7.53. The van der Waals surface area contributed by atoms with E-state index >= 15 is 0 Å². The molecular weight excluding hydrogens is 1960 g/mol. The third kappa shape index (κ3) is 37.6. The maximum atomic E-state index is 13.7. The number of rotatable bonds is 39. The second-order valence-corrected chi connectivity index (χ2v) is 34.1. The van der Waals surface area contributed by atoms with E-state index in [0.717, 1.165) is 93.3 Å². The molecular formula is C86H117FN34O17S5. The largest absolute Gasteiger partial charge is 0.477 e. The Bertz CT molecular complexity index is 5630. The third-order valence-electron chi connectivity index (χ3n) is 17.3.